The van der Waals surface area contributed by atoms with E-state index >= 15 is 0 Å². The zero-order chi connectivity index (χ0) is 14.9. The van der Waals surface area contributed by atoms with Crippen molar-refractivity contribution in [1.29, 1.82) is 0 Å². The van der Waals surface area contributed by atoms with Gasteiger partial charge in [0.25, 0.3) is 0 Å². The van der Waals surface area contributed by atoms with Crippen LogP contribution in [0, 0.1) is 15.5 Å². The summed E-state index contributed by atoms with van der Waals surface area (Å²) in [4.78, 5) is 27.5. The molecule has 0 aromatic carbocycles. The Labute approximate surface area is 116 Å². The van der Waals surface area contributed by atoms with E-state index in [1.165, 1.54) is 6.33 Å². The van der Waals surface area contributed by atoms with Crippen LogP contribution in [0.4, 0.5) is 11.6 Å². The number of aromatic nitrogens is 2. The predicted octanol–water partition coefficient (Wildman–Crippen LogP) is 1.41. The second-order valence-electron chi connectivity index (χ2n) is 5.27. The van der Waals surface area contributed by atoms with Gasteiger partial charge in [-0.1, -0.05) is 13.3 Å². The van der Waals surface area contributed by atoms with Crippen LogP contribution in [-0.4, -0.2) is 38.6 Å². The zero-order valence-electron chi connectivity index (χ0n) is 11.6. The van der Waals surface area contributed by atoms with Crippen molar-refractivity contribution in [2.45, 2.75) is 26.2 Å². The smallest absolute Gasteiger partial charge is 0.406 e. The van der Waals surface area contributed by atoms with E-state index in [4.69, 9.17) is 0 Å². The third kappa shape index (κ3) is 2.21. The minimum absolute atomic E-state index is 0.217. The van der Waals surface area contributed by atoms with Crippen LogP contribution in [0.1, 0.15) is 26.2 Å². The van der Waals surface area contributed by atoms with Gasteiger partial charge in [-0.25, -0.2) is 0 Å². The molecule has 1 atom stereocenters. The van der Waals surface area contributed by atoms with Crippen molar-refractivity contribution < 1.29 is 14.8 Å². The summed E-state index contributed by atoms with van der Waals surface area (Å²) < 4.78 is 1.57. The summed E-state index contributed by atoms with van der Waals surface area (Å²) in [6.07, 6.45) is 3.23. The highest BCUT2D eigenvalue weighted by Crippen LogP contribution is 2.39. The minimum Gasteiger partial charge on any atom is -0.481 e. The number of nitrogens with zero attached hydrogens (tertiary/aromatic N) is 4. The fraction of sp³-hybridized carbons (Fsp3) is 0.667. The molecular weight excluding hydrogens is 264 g/mol. The molecule has 1 aliphatic rings. The molecule has 0 amide bonds. The summed E-state index contributed by atoms with van der Waals surface area (Å²) >= 11 is 0. The molecule has 8 nitrogen and oxygen atoms in total. The normalized spacial score (nSPS) is 22.2. The van der Waals surface area contributed by atoms with Gasteiger partial charge in [0, 0.05) is 20.1 Å². The van der Waals surface area contributed by atoms with E-state index in [-0.39, 0.29) is 12.4 Å². The fourth-order valence-corrected chi connectivity index (χ4v) is 2.92. The van der Waals surface area contributed by atoms with Gasteiger partial charge in [0.1, 0.15) is 0 Å². The number of carbonyl (C=O) groups is 1. The predicted molar refractivity (Wildman–Crippen MR) is 71.7 cm³/mol. The Hall–Kier alpha value is -2.12. The van der Waals surface area contributed by atoms with Crippen LogP contribution in [-0.2, 0) is 11.8 Å². The second kappa shape index (κ2) is 5.10. The molecule has 1 fully saturated rings. The van der Waals surface area contributed by atoms with Crippen molar-refractivity contribution in [3.05, 3.63) is 16.4 Å². The molecule has 1 aromatic heterocycles. The SMILES string of the molecule is CCCC1(C(=O)O)CCN(c2c([N+](=O)[O-])ncn2C)C1. The maximum absolute atomic E-state index is 11.5. The van der Waals surface area contributed by atoms with Crippen molar-refractivity contribution in [3.8, 4) is 0 Å². The monoisotopic (exact) mass is 282 g/mol. The Morgan fingerprint density at radius 3 is 2.90 bits per heavy atom. The third-order valence-corrected chi connectivity index (χ3v) is 3.90. The van der Waals surface area contributed by atoms with Gasteiger partial charge in [-0.3, -0.25) is 9.36 Å². The summed E-state index contributed by atoms with van der Waals surface area (Å²) in [7, 11) is 1.68. The maximum atomic E-state index is 11.5. The van der Waals surface area contributed by atoms with Gasteiger partial charge in [0.05, 0.1) is 5.41 Å². The van der Waals surface area contributed by atoms with Gasteiger partial charge in [0.2, 0.25) is 12.1 Å². The molecule has 1 aliphatic heterocycles. The molecule has 20 heavy (non-hydrogen) atoms. The Morgan fingerprint density at radius 1 is 1.65 bits per heavy atom. The van der Waals surface area contributed by atoms with Gasteiger partial charge in [-0.15, -0.1) is 0 Å². The number of nitro groups is 1. The highest BCUT2D eigenvalue weighted by Gasteiger charge is 2.46. The fourth-order valence-electron chi connectivity index (χ4n) is 2.92. The largest absolute Gasteiger partial charge is 0.481 e. The molecule has 0 aliphatic carbocycles. The van der Waals surface area contributed by atoms with Gasteiger partial charge < -0.3 is 20.1 Å². The van der Waals surface area contributed by atoms with Crippen molar-refractivity contribution >= 4 is 17.6 Å². The Balaban J connectivity index is 2.31. The lowest BCUT2D eigenvalue weighted by atomic mass is 9.83. The molecule has 1 saturated heterocycles. The minimum atomic E-state index is -0.827. The number of hydrogen-bond donors (Lipinski definition) is 1. The lowest BCUT2D eigenvalue weighted by molar-refractivity contribution is -0.388. The van der Waals surface area contributed by atoms with E-state index in [1.807, 2.05) is 6.92 Å². The first-order valence-corrected chi connectivity index (χ1v) is 6.55. The summed E-state index contributed by atoms with van der Waals surface area (Å²) in [6, 6.07) is 0. The Morgan fingerprint density at radius 2 is 2.35 bits per heavy atom. The van der Waals surface area contributed by atoms with E-state index in [0.717, 1.165) is 6.42 Å². The first-order valence-electron chi connectivity index (χ1n) is 6.55. The highest BCUT2D eigenvalue weighted by molar-refractivity contribution is 5.77. The van der Waals surface area contributed by atoms with E-state index in [9.17, 15) is 20.0 Å². The molecule has 8 heteroatoms. The average molecular weight is 282 g/mol. The number of anilines is 1. The average Bonchev–Trinajstić information content (AvgIpc) is 2.94. The summed E-state index contributed by atoms with van der Waals surface area (Å²) in [5.41, 5.74) is -0.813. The number of carboxylic acid groups (broad SMARTS) is 1. The maximum Gasteiger partial charge on any atom is 0.406 e. The van der Waals surface area contributed by atoms with Gasteiger partial charge in [-0.2, -0.15) is 0 Å². The Bertz CT molecular complexity index is 542. The van der Waals surface area contributed by atoms with Crippen molar-refractivity contribution in [2.75, 3.05) is 18.0 Å². The van der Waals surface area contributed by atoms with Crippen molar-refractivity contribution in [1.82, 2.24) is 9.55 Å². The molecular formula is C12H18N4O4. The van der Waals surface area contributed by atoms with Crippen LogP contribution in [0.25, 0.3) is 0 Å². The van der Waals surface area contributed by atoms with Gasteiger partial charge in [-0.05, 0) is 22.7 Å². The highest BCUT2D eigenvalue weighted by atomic mass is 16.6. The summed E-state index contributed by atoms with van der Waals surface area (Å²) in [5, 5.41) is 20.5. The molecule has 0 bridgehead atoms. The lowest BCUT2D eigenvalue weighted by Crippen LogP contribution is -2.35. The quantitative estimate of drug-likeness (QED) is 0.647. The van der Waals surface area contributed by atoms with Crippen LogP contribution in [0.3, 0.4) is 0 Å². The number of hydrogen-bond acceptors (Lipinski definition) is 5. The Kier molecular flexibility index (Phi) is 3.65. The summed E-state index contributed by atoms with van der Waals surface area (Å²) in [5.74, 6) is -0.661. The van der Waals surface area contributed by atoms with Crippen LogP contribution >= 0.6 is 0 Å². The lowest BCUT2D eigenvalue weighted by Gasteiger charge is -2.24. The number of aliphatic carboxylic acids is 1. The molecule has 1 aromatic rings. The van der Waals surface area contributed by atoms with Crippen LogP contribution in [0.5, 0.6) is 0 Å². The first-order chi connectivity index (χ1) is 9.41. The zero-order valence-corrected chi connectivity index (χ0v) is 11.6. The molecule has 1 unspecified atom stereocenters. The van der Waals surface area contributed by atoms with E-state index in [0.29, 0.717) is 25.2 Å². The van der Waals surface area contributed by atoms with E-state index in [2.05, 4.69) is 4.98 Å². The molecule has 1 N–H and O–H groups in total. The number of rotatable bonds is 5. The van der Waals surface area contributed by atoms with Crippen LogP contribution in [0.2, 0.25) is 0 Å². The van der Waals surface area contributed by atoms with Gasteiger partial charge >= 0.3 is 11.8 Å². The molecule has 2 heterocycles. The molecule has 0 radical (unpaired) electrons. The summed E-state index contributed by atoms with van der Waals surface area (Å²) in [6.45, 7) is 2.73. The number of aryl methyl sites for hydroxylation is 1. The molecule has 2 rings (SSSR count). The van der Waals surface area contributed by atoms with E-state index in [1.54, 1.807) is 16.5 Å². The van der Waals surface area contributed by atoms with Crippen LogP contribution in [0.15, 0.2) is 6.33 Å². The number of carboxylic acids is 1. The molecule has 0 saturated carbocycles. The number of imidazole rings is 1. The van der Waals surface area contributed by atoms with Crippen molar-refractivity contribution in [2.24, 2.45) is 12.5 Å². The van der Waals surface area contributed by atoms with E-state index < -0.39 is 16.3 Å². The topological polar surface area (TPSA) is 102 Å². The van der Waals surface area contributed by atoms with Gasteiger partial charge in [0.15, 0.2) is 0 Å². The third-order valence-electron chi connectivity index (χ3n) is 3.90. The molecule has 110 valence electrons. The van der Waals surface area contributed by atoms with Crippen molar-refractivity contribution in [3.63, 3.8) is 0 Å². The standard InChI is InChI=1S/C12H18N4O4/c1-3-4-12(11(17)18)5-6-15(7-12)10-9(16(19)20)13-8-14(10)2/h8H,3-7H2,1-2H3,(H,17,18). The first kappa shape index (κ1) is 14.3. The van der Waals surface area contributed by atoms with Crippen LogP contribution < -0.4 is 4.90 Å². The molecule has 0 spiro atoms. The second-order valence-corrected chi connectivity index (χ2v) is 5.27.